The van der Waals surface area contributed by atoms with Crippen molar-refractivity contribution in [3.63, 3.8) is 0 Å². The quantitative estimate of drug-likeness (QED) is 0.677. The number of carbonyl (C=O) groups excluding carboxylic acids is 1. The minimum atomic E-state index is 0.285. The van der Waals surface area contributed by atoms with E-state index < -0.39 is 0 Å². The average molecular weight is 203 g/mol. The first-order valence-electron chi connectivity index (χ1n) is 5.57. The number of carbonyl (C=O) groups is 1. The number of likely N-dealkylation sites (tertiary alicyclic amines) is 1. The minimum absolute atomic E-state index is 0.285. The van der Waals surface area contributed by atoms with Gasteiger partial charge < -0.3 is 4.90 Å². The first-order chi connectivity index (χ1) is 7.31. The molecule has 1 aromatic rings. The van der Waals surface area contributed by atoms with Crippen molar-refractivity contribution in [3.05, 3.63) is 35.9 Å². The summed E-state index contributed by atoms with van der Waals surface area (Å²) >= 11 is 0. The molecular weight excluding hydrogens is 186 g/mol. The van der Waals surface area contributed by atoms with E-state index in [1.54, 1.807) is 0 Å². The van der Waals surface area contributed by atoms with Gasteiger partial charge >= 0.3 is 0 Å². The highest BCUT2D eigenvalue weighted by molar-refractivity contribution is 5.49. The molecule has 1 heterocycles. The van der Waals surface area contributed by atoms with Gasteiger partial charge in [0.1, 0.15) is 0 Å². The number of nitrogens with zero attached hydrogens (tertiary/aromatic N) is 1. The zero-order chi connectivity index (χ0) is 10.7. The van der Waals surface area contributed by atoms with Gasteiger partial charge in [0, 0.05) is 6.54 Å². The van der Waals surface area contributed by atoms with Crippen LogP contribution in [-0.2, 0) is 4.79 Å². The fourth-order valence-corrected chi connectivity index (χ4v) is 2.29. The maximum atomic E-state index is 11.0. The molecule has 0 saturated carbocycles. The lowest BCUT2D eigenvalue weighted by Crippen LogP contribution is -2.35. The molecule has 0 aliphatic carbocycles. The van der Waals surface area contributed by atoms with Crippen LogP contribution in [0.1, 0.15) is 31.4 Å². The summed E-state index contributed by atoms with van der Waals surface area (Å²) in [4.78, 5) is 12.9. The third-order valence-electron chi connectivity index (χ3n) is 3.23. The number of piperidine rings is 1. The minimum Gasteiger partial charge on any atom is -0.338 e. The summed E-state index contributed by atoms with van der Waals surface area (Å²) in [7, 11) is 0. The Hall–Kier alpha value is -1.31. The molecule has 1 saturated heterocycles. The first-order valence-corrected chi connectivity index (χ1v) is 5.57. The highest BCUT2D eigenvalue weighted by Gasteiger charge is 2.25. The van der Waals surface area contributed by atoms with Crippen LogP contribution in [0.5, 0.6) is 0 Å². The van der Waals surface area contributed by atoms with Crippen LogP contribution < -0.4 is 0 Å². The molecule has 2 atom stereocenters. The lowest BCUT2D eigenvalue weighted by molar-refractivity contribution is -0.122. The van der Waals surface area contributed by atoms with E-state index in [-0.39, 0.29) is 6.04 Å². The predicted molar refractivity (Wildman–Crippen MR) is 60.4 cm³/mol. The fourth-order valence-electron chi connectivity index (χ4n) is 2.29. The van der Waals surface area contributed by atoms with Crippen molar-refractivity contribution in [2.24, 2.45) is 5.92 Å². The van der Waals surface area contributed by atoms with Crippen LogP contribution in [0.4, 0.5) is 0 Å². The van der Waals surface area contributed by atoms with Gasteiger partial charge in [0.25, 0.3) is 0 Å². The summed E-state index contributed by atoms with van der Waals surface area (Å²) in [6.07, 6.45) is 3.20. The van der Waals surface area contributed by atoms with E-state index in [0.717, 1.165) is 25.8 Å². The Morgan fingerprint density at radius 3 is 2.73 bits per heavy atom. The SMILES string of the molecule is CC1CCN(C=O)C(c2ccccc2)C1. The number of benzene rings is 1. The van der Waals surface area contributed by atoms with Crippen molar-refractivity contribution in [1.82, 2.24) is 4.90 Å². The van der Waals surface area contributed by atoms with Crippen LogP contribution >= 0.6 is 0 Å². The average Bonchev–Trinajstić information content (AvgIpc) is 2.30. The summed E-state index contributed by atoms with van der Waals surface area (Å²) in [5, 5.41) is 0. The lowest BCUT2D eigenvalue weighted by Gasteiger charge is -2.36. The van der Waals surface area contributed by atoms with Gasteiger partial charge in [-0.1, -0.05) is 37.3 Å². The molecule has 2 nitrogen and oxygen atoms in total. The van der Waals surface area contributed by atoms with E-state index in [1.165, 1.54) is 5.56 Å². The van der Waals surface area contributed by atoms with E-state index in [0.29, 0.717) is 5.92 Å². The highest BCUT2D eigenvalue weighted by atomic mass is 16.1. The Morgan fingerprint density at radius 2 is 2.07 bits per heavy atom. The molecule has 0 radical (unpaired) electrons. The predicted octanol–water partition coefficient (Wildman–Crippen LogP) is 2.62. The van der Waals surface area contributed by atoms with Gasteiger partial charge in [0.15, 0.2) is 0 Å². The molecule has 0 aromatic heterocycles. The maximum absolute atomic E-state index is 11.0. The standard InChI is InChI=1S/C13H17NO/c1-11-7-8-14(10-15)13(9-11)12-5-3-2-4-6-12/h2-6,10-11,13H,7-9H2,1H3. The van der Waals surface area contributed by atoms with Crippen LogP contribution in [-0.4, -0.2) is 17.9 Å². The van der Waals surface area contributed by atoms with Crippen molar-refractivity contribution >= 4 is 6.41 Å². The van der Waals surface area contributed by atoms with Gasteiger partial charge in [-0.25, -0.2) is 0 Å². The molecule has 1 amide bonds. The van der Waals surface area contributed by atoms with Crippen molar-refractivity contribution in [1.29, 1.82) is 0 Å². The van der Waals surface area contributed by atoms with Gasteiger partial charge in [0.05, 0.1) is 6.04 Å². The van der Waals surface area contributed by atoms with Crippen molar-refractivity contribution in [3.8, 4) is 0 Å². The second kappa shape index (κ2) is 4.47. The Morgan fingerprint density at radius 1 is 1.33 bits per heavy atom. The third-order valence-corrected chi connectivity index (χ3v) is 3.23. The molecule has 2 rings (SSSR count). The molecule has 0 bridgehead atoms. The number of rotatable bonds is 2. The van der Waals surface area contributed by atoms with Crippen LogP contribution in [0.3, 0.4) is 0 Å². The Balaban J connectivity index is 2.20. The molecule has 0 spiro atoms. The largest absolute Gasteiger partial charge is 0.338 e. The van der Waals surface area contributed by atoms with Crippen LogP contribution in [0.2, 0.25) is 0 Å². The number of amides is 1. The van der Waals surface area contributed by atoms with Crippen molar-refractivity contribution < 1.29 is 4.79 Å². The van der Waals surface area contributed by atoms with Crippen LogP contribution in [0, 0.1) is 5.92 Å². The molecule has 80 valence electrons. The molecule has 15 heavy (non-hydrogen) atoms. The normalized spacial score (nSPS) is 26.3. The number of hydrogen-bond donors (Lipinski definition) is 0. The van der Waals surface area contributed by atoms with Crippen molar-refractivity contribution in [2.75, 3.05) is 6.54 Å². The zero-order valence-electron chi connectivity index (χ0n) is 9.10. The Kier molecular flexibility index (Phi) is 3.05. The second-order valence-electron chi connectivity index (χ2n) is 4.40. The molecule has 2 unspecified atom stereocenters. The Bertz CT molecular complexity index is 323. The lowest BCUT2D eigenvalue weighted by atomic mass is 9.89. The number of hydrogen-bond acceptors (Lipinski definition) is 1. The Labute approximate surface area is 90.9 Å². The van der Waals surface area contributed by atoms with Gasteiger partial charge in [-0.3, -0.25) is 4.79 Å². The summed E-state index contributed by atoms with van der Waals surface area (Å²) in [6, 6.07) is 10.6. The van der Waals surface area contributed by atoms with Crippen LogP contribution in [0.15, 0.2) is 30.3 Å². The molecule has 1 fully saturated rings. The van der Waals surface area contributed by atoms with E-state index >= 15 is 0 Å². The molecule has 1 aromatic carbocycles. The molecular formula is C13H17NO. The van der Waals surface area contributed by atoms with E-state index in [9.17, 15) is 4.79 Å². The van der Waals surface area contributed by atoms with Gasteiger partial charge in [-0.2, -0.15) is 0 Å². The first kappa shape index (κ1) is 10.2. The van der Waals surface area contributed by atoms with Gasteiger partial charge in [-0.05, 0) is 24.3 Å². The third kappa shape index (κ3) is 2.20. The maximum Gasteiger partial charge on any atom is 0.210 e. The highest BCUT2D eigenvalue weighted by Crippen LogP contribution is 2.32. The van der Waals surface area contributed by atoms with E-state index in [1.807, 2.05) is 23.1 Å². The fraction of sp³-hybridized carbons (Fsp3) is 0.462. The summed E-state index contributed by atoms with van der Waals surface area (Å²) in [5.41, 5.74) is 1.26. The van der Waals surface area contributed by atoms with Gasteiger partial charge in [-0.15, -0.1) is 0 Å². The van der Waals surface area contributed by atoms with Crippen molar-refractivity contribution in [2.45, 2.75) is 25.8 Å². The second-order valence-corrected chi connectivity index (χ2v) is 4.40. The molecule has 1 aliphatic heterocycles. The summed E-state index contributed by atoms with van der Waals surface area (Å²) in [6.45, 7) is 3.16. The summed E-state index contributed by atoms with van der Waals surface area (Å²) in [5.74, 6) is 0.714. The molecule has 2 heteroatoms. The summed E-state index contributed by atoms with van der Waals surface area (Å²) < 4.78 is 0. The van der Waals surface area contributed by atoms with E-state index in [4.69, 9.17) is 0 Å². The molecule has 1 aliphatic rings. The zero-order valence-corrected chi connectivity index (χ0v) is 9.10. The monoisotopic (exact) mass is 203 g/mol. The van der Waals surface area contributed by atoms with Crippen LogP contribution in [0.25, 0.3) is 0 Å². The smallest absolute Gasteiger partial charge is 0.210 e. The molecule has 0 N–H and O–H groups in total. The topological polar surface area (TPSA) is 20.3 Å². The van der Waals surface area contributed by atoms with Gasteiger partial charge in [0.2, 0.25) is 6.41 Å². The van der Waals surface area contributed by atoms with E-state index in [2.05, 4.69) is 19.1 Å².